The molecule has 10 heteroatoms. The second-order valence-corrected chi connectivity index (χ2v) is 11.7. The summed E-state index contributed by atoms with van der Waals surface area (Å²) in [6, 6.07) is 20.1. The van der Waals surface area contributed by atoms with E-state index in [4.69, 9.17) is 5.26 Å². The molecule has 210 valence electrons. The van der Waals surface area contributed by atoms with Gasteiger partial charge >= 0.3 is 0 Å². The smallest absolute Gasteiger partial charge is 0.263 e. The second kappa shape index (κ2) is 11.9. The zero-order valence-corrected chi connectivity index (χ0v) is 23.4. The van der Waals surface area contributed by atoms with Gasteiger partial charge in [0.05, 0.1) is 22.6 Å². The number of nitrogens with one attached hydrogen (secondary N) is 1. The number of pyridine rings is 1. The van der Waals surface area contributed by atoms with Crippen LogP contribution in [0.5, 0.6) is 0 Å². The molecular weight excluding hydrogens is 548 g/mol. The topological polar surface area (TPSA) is 109 Å². The quantitative estimate of drug-likeness (QED) is 0.295. The first-order valence-corrected chi connectivity index (χ1v) is 14.5. The first-order chi connectivity index (χ1) is 19.4. The van der Waals surface area contributed by atoms with Crippen LogP contribution in [0.25, 0.3) is 11.1 Å². The maximum Gasteiger partial charge on any atom is 0.263 e. The minimum Gasteiger partial charge on any atom is -0.348 e. The lowest BCUT2D eigenvalue weighted by molar-refractivity contribution is 0.0949. The molecule has 41 heavy (non-hydrogen) atoms. The Morgan fingerprint density at radius 1 is 1.02 bits per heavy atom. The summed E-state index contributed by atoms with van der Waals surface area (Å²) in [6.45, 7) is 3.58. The Hall–Kier alpha value is -4.62. The summed E-state index contributed by atoms with van der Waals surface area (Å²) in [5, 5.41) is 11.9. The fourth-order valence-corrected chi connectivity index (χ4v) is 5.22. The summed E-state index contributed by atoms with van der Waals surface area (Å²) in [4.78, 5) is 27.2. The van der Waals surface area contributed by atoms with Crippen LogP contribution in [0.4, 0.5) is 8.78 Å². The molecule has 0 bridgehead atoms. The van der Waals surface area contributed by atoms with Gasteiger partial charge in [0, 0.05) is 35.8 Å². The Morgan fingerprint density at radius 3 is 2.27 bits per heavy atom. The average Bonchev–Trinajstić information content (AvgIpc) is 2.95. The number of carbonyl (C=O) groups is 1. The highest BCUT2D eigenvalue weighted by molar-refractivity contribution is 7.90. The largest absolute Gasteiger partial charge is 0.348 e. The van der Waals surface area contributed by atoms with Crippen LogP contribution in [0.2, 0.25) is 0 Å². The Kier molecular flexibility index (Phi) is 8.49. The molecule has 1 heterocycles. The molecule has 0 spiro atoms. The van der Waals surface area contributed by atoms with Gasteiger partial charge in [-0.1, -0.05) is 42.5 Å². The van der Waals surface area contributed by atoms with Crippen LogP contribution >= 0.6 is 0 Å². The highest BCUT2D eigenvalue weighted by Gasteiger charge is 2.23. The summed E-state index contributed by atoms with van der Waals surface area (Å²) < 4.78 is 52.2. The molecule has 0 aliphatic rings. The maximum absolute atomic E-state index is 13.7. The number of benzene rings is 3. The summed E-state index contributed by atoms with van der Waals surface area (Å²) in [5.41, 5.74) is 1.73. The summed E-state index contributed by atoms with van der Waals surface area (Å²) in [6.07, 6.45) is -0.196. The molecule has 1 N–H and O–H groups in total. The van der Waals surface area contributed by atoms with Gasteiger partial charge in [-0.25, -0.2) is 17.2 Å². The van der Waals surface area contributed by atoms with Crippen molar-refractivity contribution >= 4 is 15.7 Å². The zero-order chi connectivity index (χ0) is 29.9. The van der Waals surface area contributed by atoms with Crippen LogP contribution < -0.4 is 10.7 Å². The van der Waals surface area contributed by atoms with E-state index in [0.717, 1.165) is 11.8 Å². The number of amides is 1. The monoisotopic (exact) mass is 575 g/mol. The summed E-state index contributed by atoms with van der Waals surface area (Å²) in [7, 11) is -3.38. The van der Waals surface area contributed by atoms with Gasteiger partial charge in [0.2, 0.25) is 5.43 Å². The fraction of sp³-hybridized carbons (Fsp3) is 0.194. The van der Waals surface area contributed by atoms with Gasteiger partial charge in [-0.3, -0.25) is 9.59 Å². The summed E-state index contributed by atoms with van der Waals surface area (Å²) in [5.74, 6) is -0.672. The third kappa shape index (κ3) is 6.42. The van der Waals surface area contributed by atoms with Crippen molar-refractivity contribution in [3.63, 3.8) is 0 Å². The van der Waals surface area contributed by atoms with Crippen molar-refractivity contribution in [2.24, 2.45) is 0 Å². The van der Waals surface area contributed by atoms with E-state index >= 15 is 0 Å². The van der Waals surface area contributed by atoms with E-state index in [1.807, 2.05) is 6.92 Å². The van der Waals surface area contributed by atoms with E-state index in [1.54, 1.807) is 54.0 Å². The van der Waals surface area contributed by atoms with E-state index in [1.165, 1.54) is 36.5 Å². The molecule has 0 saturated carbocycles. The van der Waals surface area contributed by atoms with Gasteiger partial charge < -0.3 is 9.88 Å². The van der Waals surface area contributed by atoms with Crippen molar-refractivity contribution in [1.82, 2.24) is 9.88 Å². The van der Waals surface area contributed by atoms with Gasteiger partial charge in [-0.05, 0) is 60.9 Å². The van der Waals surface area contributed by atoms with E-state index < -0.39 is 27.6 Å². The van der Waals surface area contributed by atoms with Crippen LogP contribution in [-0.4, -0.2) is 25.1 Å². The number of hydrogen-bond acceptors (Lipinski definition) is 5. The molecule has 1 amide bonds. The van der Waals surface area contributed by atoms with Gasteiger partial charge in [0.15, 0.2) is 9.84 Å². The SMILES string of the molecule is Cc1c(-c2cccc(C(F)F)c2)c(=O)c(C(=O)NCc2ccc(S(C)(=O)=O)cc2)cn1C(C)c1ccc(C#N)cc1. The molecule has 0 aliphatic heterocycles. The fourth-order valence-electron chi connectivity index (χ4n) is 4.59. The molecular formula is C31H27F2N3O4S. The van der Waals surface area contributed by atoms with Gasteiger partial charge in [-0.2, -0.15) is 5.26 Å². The van der Waals surface area contributed by atoms with E-state index in [0.29, 0.717) is 16.8 Å². The number of rotatable bonds is 8. The van der Waals surface area contributed by atoms with Crippen molar-refractivity contribution in [3.05, 3.63) is 123 Å². The third-order valence-corrected chi connectivity index (χ3v) is 8.03. The van der Waals surface area contributed by atoms with Crippen LogP contribution in [0, 0.1) is 18.3 Å². The standard InChI is InChI=1S/C31H27F2N3O4S/c1-19(23-11-7-21(16-34)8-12-23)36-18-27(31(38)35-17-22-9-13-26(14-10-22)41(3,39)40)29(37)28(20(36)2)24-5-4-6-25(15-24)30(32)33/h4-15,18-19,30H,17H2,1-3H3,(H,35,38). The number of hydrogen-bond donors (Lipinski definition) is 1. The molecule has 1 aromatic heterocycles. The second-order valence-electron chi connectivity index (χ2n) is 9.67. The molecule has 4 rings (SSSR count). The van der Waals surface area contributed by atoms with Crippen LogP contribution in [0.3, 0.4) is 0 Å². The molecule has 4 aromatic rings. The lowest BCUT2D eigenvalue weighted by atomic mass is 9.97. The average molecular weight is 576 g/mol. The van der Waals surface area contributed by atoms with Crippen molar-refractivity contribution in [1.29, 1.82) is 5.26 Å². The number of nitriles is 1. The van der Waals surface area contributed by atoms with Crippen molar-refractivity contribution in [3.8, 4) is 17.2 Å². The van der Waals surface area contributed by atoms with Crippen molar-refractivity contribution < 1.29 is 22.0 Å². The predicted octanol–water partition coefficient (Wildman–Crippen LogP) is 5.58. The predicted molar refractivity (Wildman–Crippen MR) is 152 cm³/mol. The lowest BCUT2D eigenvalue weighted by Crippen LogP contribution is -2.31. The normalized spacial score (nSPS) is 12.1. The van der Waals surface area contributed by atoms with Crippen LogP contribution in [0.1, 0.15) is 57.7 Å². The number of aromatic nitrogens is 1. The van der Waals surface area contributed by atoms with Crippen molar-refractivity contribution in [2.75, 3.05) is 6.26 Å². The number of sulfone groups is 1. The first kappa shape index (κ1) is 29.4. The lowest BCUT2D eigenvalue weighted by Gasteiger charge is -2.23. The minimum atomic E-state index is -3.38. The molecule has 0 fully saturated rings. The molecule has 3 aromatic carbocycles. The van der Waals surface area contributed by atoms with Gasteiger partial charge in [0.25, 0.3) is 12.3 Å². The zero-order valence-electron chi connectivity index (χ0n) is 22.6. The van der Waals surface area contributed by atoms with E-state index in [9.17, 15) is 26.8 Å². The third-order valence-electron chi connectivity index (χ3n) is 6.90. The van der Waals surface area contributed by atoms with Gasteiger partial charge in [0.1, 0.15) is 5.56 Å². The van der Waals surface area contributed by atoms with E-state index in [2.05, 4.69) is 11.4 Å². The highest BCUT2D eigenvalue weighted by atomic mass is 32.2. The number of halogens is 2. The van der Waals surface area contributed by atoms with E-state index in [-0.39, 0.29) is 39.7 Å². The number of carbonyl (C=O) groups excluding carboxylic acids is 1. The highest BCUT2D eigenvalue weighted by Crippen LogP contribution is 2.29. The molecule has 7 nitrogen and oxygen atoms in total. The Bertz CT molecular complexity index is 1810. The maximum atomic E-state index is 13.7. The van der Waals surface area contributed by atoms with Crippen molar-refractivity contribution in [2.45, 2.75) is 37.8 Å². The molecule has 0 aliphatic carbocycles. The molecule has 0 saturated heterocycles. The molecule has 1 atom stereocenters. The van der Waals surface area contributed by atoms with Crippen LogP contribution in [0.15, 0.2) is 88.7 Å². The number of alkyl halides is 2. The first-order valence-electron chi connectivity index (χ1n) is 12.6. The minimum absolute atomic E-state index is 0.0254. The molecule has 0 radical (unpaired) electrons. The Balaban J connectivity index is 1.78. The Labute approximate surface area is 236 Å². The Morgan fingerprint density at radius 2 is 1.68 bits per heavy atom. The summed E-state index contributed by atoms with van der Waals surface area (Å²) >= 11 is 0. The van der Waals surface area contributed by atoms with Crippen LogP contribution in [-0.2, 0) is 16.4 Å². The molecule has 1 unspecified atom stereocenters. The number of nitrogens with zero attached hydrogens (tertiary/aromatic N) is 2. The van der Waals surface area contributed by atoms with Gasteiger partial charge in [-0.15, -0.1) is 0 Å².